The quantitative estimate of drug-likeness (QED) is 0.759. The number of hydrogen-bond acceptors (Lipinski definition) is 3. The molecule has 2 rings (SSSR count). The smallest absolute Gasteiger partial charge is 0.310 e. The molecule has 6 nitrogen and oxygen atoms in total. The maximum absolute atomic E-state index is 12.6. The average molecular weight is 318 g/mol. The van der Waals surface area contributed by atoms with Crippen LogP contribution in [0.3, 0.4) is 0 Å². The number of aliphatic carboxylic acids is 1. The molecule has 2 amide bonds. The fourth-order valence-corrected chi connectivity index (χ4v) is 2.81. The highest BCUT2D eigenvalue weighted by atomic mass is 16.4. The van der Waals surface area contributed by atoms with Gasteiger partial charge < -0.3 is 15.7 Å². The summed E-state index contributed by atoms with van der Waals surface area (Å²) in [5, 5.41) is 9.38. The van der Waals surface area contributed by atoms with Gasteiger partial charge in [0.1, 0.15) is 0 Å². The number of primary amides is 1. The van der Waals surface area contributed by atoms with E-state index in [1.807, 2.05) is 30.3 Å². The van der Waals surface area contributed by atoms with Crippen molar-refractivity contribution in [3.63, 3.8) is 0 Å². The van der Waals surface area contributed by atoms with Gasteiger partial charge in [0.25, 0.3) is 0 Å². The number of nitrogens with zero attached hydrogens (tertiary/aromatic N) is 1. The summed E-state index contributed by atoms with van der Waals surface area (Å²) in [4.78, 5) is 36.6. The van der Waals surface area contributed by atoms with E-state index in [4.69, 9.17) is 5.73 Å². The average Bonchev–Trinajstić information content (AvgIpc) is 2.47. The fourth-order valence-electron chi connectivity index (χ4n) is 2.81. The van der Waals surface area contributed by atoms with Gasteiger partial charge in [0.2, 0.25) is 11.8 Å². The highest BCUT2D eigenvalue weighted by molar-refractivity contribution is 5.86. The zero-order chi connectivity index (χ0) is 16.9. The van der Waals surface area contributed by atoms with E-state index in [2.05, 4.69) is 0 Å². The van der Waals surface area contributed by atoms with Gasteiger partial charge in [0.15, 0.2) is 0 Å². The third kappa shape index (κ3) is 4.31. The standard InChI is InChI=1S/C17H22N2O4/c18-14(20)7-10-19(12-13-5-2-1-3-6-13)15(21)11-17(16(22)23)8-4-9-17/h1-3,5-6H,4,7-12H2,(H2,18,20)(H,22,23). The van der Waals surface area contributed by atoms with Crippen molar-refractivity contribution in [1.29, 1.82) is 0 Å². The number of benzene rings is 1. The summed E-state index contributed by atoms with van der Waals surface area (Å²) in [6.45, 7) is 0.557. The zero-order valence-corrected chi connectivity index (χ0v) is 13.0. The third-order valence-electron chi connectivity index (χ3n) is 4.45. The van der Waals surface area contributed by atoms with Gasteiger partial charge in [0, 0.05) is 25.9 Å². The van der Waals surface area contributed by atoms with Crippen molar-refractivity contribution in [2.24, 2.45) is 11.1 Å². The lowest BCUT2D eigenvalue weighted by Crippen LogP contribution is -2.44. The molecular formula is C17H22N2O4. The van der Waals surface area contributed by atoms with E-state index in [-0.39, 0.29) is 25.3 Å². The molecule has 23 heavy (non-hydrogen) atoms. The molecule has 1 aromatic rings. The first-order chi connectivity index (χ1) is 10.9. The summed E-state index contributed by atoms with van der Waals surface area (Å²) in [6.07, 6.45) is 1.94. The Bertz CT molecular complexity index is 582. The SMILES string of the molecule is NC(=O)CCN(Cc1ccccc1)C(=O)CC1(C(=O)O)CCC1. The van der Waals surface area contributed by atoms with Crippen LogP contribution in [0.4, 0.5) is 0 Å². The first-order valence-electron chi connectivity index (χ1n) is 7.76. The second kappa shape index (κ2) is 7.26. The number of carboxylic acid groups (broad SMARTS) is 1. The summed E-state index contributed by atoms with van der Waals surface area (Å²) in [5.74, 6) is -1.63. The van der Waals surface area contributed by atoms with E-state index < -0.39 is 17.3 Å². The largest absolute Gasteiger partial charge is 0.481 e. The van der Waals surface area contributed by atoms with Crippen LogP contribution in [0.2, 0.25) is 0 Å². The molecule has 1 fully saturated rings. The molecule has 1 aromatic carbocycles. The number of rotatable bonds is 8. The first kappa shape index (κ1) is 17.0. The Morgan fingerprint density at radius 1 is 1.17 bits per heavy atom. The Labute approximate surface area is 135 Å². The Kier molecular flexibility index (Phi) is 5.36. The lowest BCUT2D eigenvalue weighted by molar-refractivity contribution is -0.159. The van der Waals surface area contributed by atoms with Gasteiger partial charge in [-0.2, -0.15) is 0 Å². The highest BCUT2D eigenvalue weighted by Crippen LogP contribution is 2.44. The minimum Gasteiger partial charge on any atom is -0.481 e. The molecule has 0 radical (unpaired) electrons. The Balaban J connectivity index is 2.07. The van der Waals surface area contributed by atoms with Gasteiger partial charge in [-0.3, -0.25) is 14.4 Å². The minimum atomic E-state index is -0.932. The summed E-state index contributed by atoms with van der Waals surface area (Å²) in [6, 6.07) is 9.40. The number of carbonyl (C=O) groups is 3. The van der Waals surface area contributed by atoms with Crippen LogP contribution in [0, 0.1) is 5.41 Å². The van der Waals surface area contributed by atoms with Gasteiger partial charge in [-0.1, -0.05) is 36.8 Å². The molecule has 0 bridgehead atoms. The van der Waals surface area contributed by atoms with Gasteiger partial charge in [-0.05, 0) is 18.4 Å². The number of amides is 2. The van der Waals surface area contributed by atoms with E-state index in [0.717, 1.165) is 12.0 Å². The minimum absolute atomic E-state index is 0.0199. The van der Waals surface area contributed by atoms with Crippen molar-refractivity contribution in [1.82, 2.24) is 4.90 Å². The molecule has 1 aliphatic rings. The van der Waals surface area contributed by atoms with Crippen molar-refractivity contribution in [2.75, 3.05) is 6.54 Å². The van der Waals surface area contributed by atoms with Crippen LogP contribution in [0.15, 0.2) is 30.3 Å². The van der Waals surface area contributed by atoms with Crippen molar-refractivity contribution in [3.8, 4) is 0 Å². The predicted octanol–water partition coefficient (Wildman–Crippen LogP) is 1.54. The molecule has 1 aliphatic carbocycles. The fraction of sp³-hybridized carbons (Fsp3) is 0.471. The van der Waals surface area contributed by atoms with Gasteiger partial charge in [-0.25, -0.2) is 0 Å². The molecule has 124 valence electrons. The van der Waals surface area contributed by atoms with Crippen molar-refractivity contribution in [2.45, 2.75) is 38.6 Å². The van der Waals surface area contributed by atoms with E-state index in [1.165, 1.54) is 4.90 Å². The molecule has 0 spiro atoms. The maximum Gasteiger partial charge on any atom is 0.310 e. The molecule has 0 aliphatic heterocycles. The summed E-state index contributed by atoms with van der Waals surface area (Å²) in [5.41, 5.74) is 5.18. The van der Waals surface area contributed by atoms with Crippen LogP contribution in [0.5, 0.6) is 0 Å². The Hall–Kier alpha value is -2.37. The normalized spacial score (nSPS) is 15.5. The topological polar surface area (TPSA) is 101 Å². The van der Waals surface area contributed by atoms with Crippen molar-refractivity contribution >= 4 is 17.8 Å². The van der Waals surface area contributed by atoms with Crippen LogP contribution in [0.25, 0.3) is 0 Å². The monoisotopic (exact) mass is 318 g/mol. The van der Waals surface area contributed by atoms with Crippen LogP contribution < -0.4 is 5.73 Å². The van der Waals surface area contributed by atoms with E-state index >= 15 is 0 Å². The first-order valence-corrected chi connectivity index (χ1v) is 7.76. The molecule has 0 heterocycles. The Morgan fingerprint density at radius 2 is 1.83 bits per heavy atom. The number of carboxylic acids is 1. The molecule has 1 saturated carbocycles. The van der Waals surface area contributed by atoms with Crippen LogP contribution in [-0.4, -0.2) is 34.3 Å². The molecule has 0 unspecified atom stereocenters. The van der Waals surface area contributed by atoms with Crippen LogP contribution in [-0.2, 0) is 20.9 Å². The summed E-state index contributed by atoms with van der Waals surface area (Å²) in [7, 11) is 0. The summed E-state index contributed by atoms with van der Waals surface area (Å²) >= 11 is 0. The second-order valence-corrected chi connectivity index (χ2v) is 6.13. The van der Waals surface area contributed by atoms with Gasteiger partial charge >= 0.3 is 5.97 Å². The predicted molar refractivity (Wildman–Crippen MR) is 84.2 cm³/mol. The third-order valence-corrected chi connectivity index (χ3v) is 4.45. The van der Waals surface area contributed by atoms with Crippen molar-refractivity contribution < 1.29 is 19.5 Å². The molecule has 3 N–H and O–H groups in total. The van der Waals surface area contributed by atoms with E-state index in [9.17, 15) is 19.5 Å². The van der Waals surface area contributed by atoms with Crippen LogP contribution in [0.1, 0.15) is 37.7 Å². The van der Waals surface area contributed by atoms with E-state index in [0.29, 0.717) is 19.4 Å². The lowest BCUT2D eigenvalue weighted by Gasteiger charge is -2.38. The lowest BCUT2D eigenvalue weighted by atomic mass is 9.66. The number of hydrogen-bond donors (Lipinski definition) is 2. The maximum atomic E-state index is 12.6. The zero-order valence-electron chi connectivity index (χ0n) is 13.0. The van der Waals surface area contributed by atoms with Crippen LogP contribution >= 0.6 is 0 Å². The summed E-state index contributed by atoms with van der Waals surface area (Å²) < 4.78 is 0. The molecule has 0 aromatic heterocycles. The molecular weight excluding hydrogens is 296 g/mol. The highest BCUT2D eigenvalue weighted by Gasteiger charge is 2.46. The van der Waals surface area contributed by atoms with Crippen molar-refractivity contribution in [3.05, 3.63) is 35.9 Å². The van der Waals surface area contributed by atoms with Gasteiger partial charge in [0.05, 0.1) is 5.41 Å². The Morgan fingerprint density at radius 3 is 2.30 bits per heavy atom. The molecule has 0 atom stereocenters. The molecule has 6 heteroatoms. The molecule has 0 saturated heterocycles. The van der Waals surface area contributed by atoms with E-state index in [1.54, 1.807) is 0 Å². The number of nitrogens with two attached hydrogens (primary N) is 1. The number of carbonyl (C=O) groups excluding carboxylic acids is 2. The second-order valence-electron chi connectivity index (χ2n) is 6.13. The van der Waals surface area contributed by atoms with Gasteiger partial charge in [-0.15, -0.1) is 0 Å².